The average Bonchev–Trinajstić information content (AvgIpc) is 3.27. The number of anilines is 2. The molecule has 1 unspecified atom stereocenters. The van der Waals surface area contributed by atoms with Crippen molar-refractivity contribution in [1.82, 2.24) is 15.3 Å². The molecule has 2 atom stereocenters. The van der Waals surface area contributed by atoms with E-state index in [4.69, 9.17) is 14.9 Å². The summed E-state index contributed by atoms with van der Waals surface area (Å²) in [7, 11) is 1.65. The Balaban J connectivity index is 1.76. The van der Waals surface area contributed by atoms with Crippen LogP contribution in [0.25, 0.3) is 22.1 Å². The van der Waals surface area contributed by atoms with Crippen molar-refractivity contribution in [2.24, 2.45) is 0 Å². The van der Waals surface area contributed by atoms with Crippen molar-refractivity contribution in [3.63, 3.8) is 0 Å². The molecule has 2 fully saturated rings. The van der Waals surface area contributed by atoms with Crippen LogP contribution in [0.3, 0.4) is 0 Å². The van der Waals surface area contributed by atoms with E-state index in [1.807, 2.05) is 18.2 Å². The summed E-state index contributed by atoms with van der Waals surface area (Å²) in [6.07, 6.45) is 1.14. The predicted octanol–water partition coefficient (Wildman–Crippen LogP) is 1.52. The fourth-order valence-electron chi connectivity index (χ4n) is 3.77. The lowest BCUT2D eigenvalue weighted by Crippen LogP contribution is -2.44. The number of ether oxygens (including phenoxy) is 1. The Morgan fingerprint density at radius 1 is 1.39 bits per heavy atom. The molecule has 2 bridgehead atoms. The quantitative estimate of drug-likeness (QED) is 0.741. The van der Waals surface area contributed by atoms with Crippen LogP contribution in [0.15, 0.2) is 22.6 Å². The third kappa shape index (κ3) is 1.80. The van der Waals surface area contributed by atoms with E-state index in [0.717, 1.165) is 47.6 Å². The number of nitrogens with one attached hydrogen (secondary N) is 1. The van der Waals surface area contributed by atoms with Gasteiger partial charge >= 0.3 is 0 Å². The number of aromatic nitrogens is 2. The van der Waals surface area contributed by atoms with Gasteiger partial charge in [-0.05, 0) is 24.6 Å². The molecule has 2 aliphatic rings. The largest absolute Gasteiger partial charge is 0.497 e. The molecule has 118 valence electrons. The van der Waals surface area contributed by atoms with Crippen LogP contribution in [0.4, 0.5) is 11.8 Å². The fourth-order valence-corrected chi connectivity index (χ4v) is 3.77. The van der Waals surface area contributed by atoms with Crippen molar-refractivity contribution < 1.29 is 9.15 Å². The molecule has 4 heterocycles. The van der Waals surface area contributed by atoms with Gasteiger partial charge in [0.05, 0.1) is 12.5 Å². The van der Waals surface area contributed by atoms with Gasteiger partial charge < -0.3 is 25.1 Å². The van der Waals surface area contributed by atoms with E-state index >= 15 is 0 Å². The third-order valence-electron chi connectivity index (χ3n) is 4.85. The highest BCUT2D eigenvalue weighted by molar-refractivity contribution is 6.06. The summed E-state index contributed by atoms with van der Waals surface area (Å²) in [5, 5.41) is 4.40. The van der Waals surface area contributed by atoms with Crippen molar-refractivity contribution in [3.05, 3.63) is 18.2 Å². The van der Waals surface area contributed by atoms with Gasteiger partial charge in [0.1, 0.15) is 16.8 Å². The second-order valence-electron chi connectivity index (χ2n) is 6.19. The predicted molar refractivity (Wildman–Crippen MR) is 87.8 cm³/mol. The van der Waals surface area contributed by atoms with Crippen LogP contribution in [-0.4, -0.2) is 42.3 Å². The number of nitrogens with zero attached hydrogens (tertiary/aromatic N) is 3. The van der Waals surface area contributed by atoms with Crippen molar-refractivity contribution in [2.75, 3.05) is 30.8 Å². The van der Waals surface area contributed by atoms with E-state index in [-0.39, 0.29) is 5.95 Å². The van der Waals surface area contributed by atoms with Crippen LogP contribution in [0.5, 0.6) is 5.75 Å². The highest BCUT2D eigenvalue weighted by Crippen LogP contribution is 2.38. The van der Waals surface area contributed by atoms with Crippen molar-refractivity contribution >= 4 is 33.8 Å². The molecule has 0 aliphatic carbocycles. The topological polar surface area (TPSA) is 89.4 Å². The zero-order chi connectivity index (χ0) is 15.6. The monoisotopic (exact) mass is 311 g/mol. The van der Waals surface area contributed by atoms with Crippen LogP contribution in [0, 0.1) is 0 Å². The zero-order valence-corrected chi connectivity index (χ0v) is 12.7. The molecular weight excluding hydrogens is 294 g/mol. The Bertz CT molecular complexity index is 922. The van der Waals surface area contributed by atoms with Crippen LogP contribution < -0.4 is 20.7 Å². The van der Waals surface area contributed by atoms with Gasteiger partial charge in [0, 0.05) is 25.2 Å². The van der Waals surface area contributed by atoms with Crippen LogP contribution in [-0.2, 0) is 0 Å². The number of hydrogen-bond acceptors (Lipinski definition) is 7. The molecule has 2 aliphatic heterocycles. The lowest BCUT2D eigenvalue weighted by atomic mass is 10.2. The highest BCUT2D eigenvalue weighted by atomic mass is 16.5. The van der Waals surface area contributed by atoms with E-state index in [9.17, 15) is 0 Å². The molecule has 7 heteroatoms. The summed E-state index contributed by atoms with van der Waals surface area (Å²) >= 11 is 0. The summed E-state index contributed by atoms with van der Waals surface area (Å²) in [4.78, 5) is 11.2. The maximum atomic E-state index is 6.06. The van der Waals surface area contributed by atoms with Crippen molar-refractivity contribution in [1.29, 1.82) is 0 Å². The molecule has 7 nitrogen and oxygen atoms in total. The summed E-state index contributed by atoms with van der Waals surface area (Å²) in [6.45, 7) is 1.90. The summed E-state index contributed by atoms with van der Waals surface area (Å²) in [6, 6.07) is 6.67. The number of nitrogens with two attached hydrogens (primary N) is 1. The van der Waals surface area contributed by atoms with Crippen LogP contribution in [0.2, 0.25) is 0 Å². The van der Waals surface area contributed by atoms with E-state index in [1.165, 1.54) is 0 Å². The maximum Gasteiger partial charge on any atom is 0.222 e. The number of furan rings is 1. The zero-order valence-electron chi connectivity index (χ0n) is 12.7. The Hall–Kier alpha value is -2.54. The number of rotatable bonds is 2. The highest BCUT2D eigenvalue weighted by Gasteiger charge is 2.39. The molecule has 0 amide bonds. The number of piperazine rings is 1. The summed E-state index contributed by atoms with van der Waals surface area (Å²) in [5.41, 5.74) is 8.19. The second kappa shape index (κ2) is 4.48. The SMILES string of the molecule is COc1ccc2oc3c(N4CC5C[C@H]4CN5)nc(N)nc3c2c1. The lowest BCUT2D eigenvalue weighted by Gasteiger charge is -2.28. The fraction of sp³-hybridized carbons (Fsp3) is 0.375. The van der Waals surface area contributed by atoms with Gasteiger partial charge in [0.25, 0.3) is 0 Å². The molecule has 3 aromatic rings. The lowest BCUT2D eigenvalue weighted by molar-refractivity contribution is 0.415. The molecule has 3 N–H and O–H groups in total. The molecule has 0 radical (unpaired) electrons. The Labute approximate surface area is 132 Å². The van der Waals surface area contributed by atoms with E-state index < -0.39 is 0 Å². The Morgan fingerprint density at radius 2 is 2.30 bits per heavy atom. The van der Waals surface area contributed by atoms with E-state index in [0.29, 0.717) is 17.7 Å². The molecule has 23 heavy (non-hydrogen) atoms. The van der Waals surface area contributed by atoms with Crippen molar-refractivity contribution in [3.8, 4) is 5.75 Å². The minimum atomic E-state index is 0.272. The molecule has 5 rings (SSSR count). The van der Waals surface area contributed by atoms with Gasteiger partial charge in [-0.15, -0.1) is 0 Å². The molecule has 0 spiro atoms. The number of methoxy groups -OCH3 is 1. The summed E-state index contributed by atoms with van der Waals surface area (Å²) < 4.78 is 11.4. The molecule has 1 aromatic carbocycles. The second-order valence-corrected chi connectivity index (χ2v) is 6.19. The summed E-state index contributed by atoms with van der Waals surface area (Å²) in [5.74, 6) is 1.84. The Morgan fingerprint density at radius 3 is 3.04 bits per heavy atom. The normalized spacial score (nSPS) is 23.3. The molecule has 2 saturated heterocycles. The number of nitrogen functional groups attached to an aromatic ring is 1. The molecule has 2 aromatic heterocycles. The first-order chi connectivity index (χ1) is 11.2. The average molecular weight is 311 g/mol. The standard InChI is InChI=1S/C16H17N5O2/c1-22-10-2-3-12-11(5-10)13-14(23-12)15(20-16(17)19-13)21-7-8-4-9(21)6-18-8/h2-3,5,8-9,18H,4,6-7H2,1H3,(H2,17,19,20)/t8?,9-/m0/s1. The first-order valence-electron chi connectivity index (χ1n) is 7.77. The minimum absolute atomic E-state index is 0.272. The van der Waals surface area contributed by atoms with Crippen molar-refractivity contribution in [2.45, 2.75) is 18.5 Å². The maximum absolute atomic E-state index is 6.06. The molecular formula is C16H17N5O2. The van der Waals surface area contributed by atoms with E-state index in [1.54, 1.807) is 7.11 Å². The first kappa shape index (κ1) is 13.0. The first-order valence-corrected chi connectivity index (χ1v) is 7.77. The van der Waals surface area contributed by atoms with E-state index in [2.05, 4.69) is 20.2 Å². The van der Waals surface area contributed by atoms with Crippen LogP contribution >= 0.6 is 0 Å². The van der Waals surface area contributed by atoms with Gasteiger partial charge in [-0.1, -0.05) is 0 Å². The van der Waals surface area contributed by atoms with Gasteiger partial charge in [0.2, 0.25) is 5.95 Å². The van der Waals surface area contributed by atoms with Crippen LogP contribution in [0.1, 0.15) is 6.42 Å². The number of hydrogen-bond donors (Lipinski definition) is 2. The van der Waals surface area contributed by atoms with Gasteiger partial charge in [0.15, 0.2) is 11.4 Å². The van der Waals surface area contributed by atoms with Gasteiger partial charge in [-0.3, -0.25) is 0 Å². The Kier molecular flexibility index (Phi) is 2.52. The minimum Gasteiger partial charge on any atom is -0.497 e. The number of fused-ring (bicyclic) bond motifs is 5. The third-order valence-corrected chi connectivity index (χ3v) is 4.85. The van der Waals surface area contributed by atoms with Gasteiger partial charge in [-0.25, -0.2) is 4.98 Å². The smallest absolute Gasteiger partial charge is 0.222 e. The molecule has 0 saturated carbocycles. The van der Waals surface area contributed by atoms with Gasteiger partial charge in [-0.2, -0.15) is 4.98 Å². The number of benzene rings is 1.